The fourth-order valence-corrected chi connectivity index (χ4v) is 3.76. The highest BCUT2D eigenvalue weighted by Crippen LogP contribution is 2.45. The second-order valence-corrected chi connectivity index (χ2v) is 8.18. The Hall–Kier alpha value is -0.950. The average molecular weight is 254 g/mol. The Morgan fingerprint density at radius 1 is 1.18 bits per heavy atom. The quantitative estimate of drug-likeness (QED) is 0.761. The topological polar surface area (TPSA) is 35.5 Å². The van der Waals surface area contributed by atoms with Crippen LogP contribution in [0.25, 0.3) is 0 Å². The van der Waals surface area contributed by atoms with Gasteiger partial charge in [0.2, 0.25) is 0 Å². The molecule has 0 radical (unpaired) electrons. The summed E-state index contributed by atoms with van der Waals surface area (Å²) < 4.78 is 23.7. The predicted molar refractivity (Wildman–Crippen MR) is 70.6 cm³/mol. The van der Waals surface area contributed by atoms with E-state index in [1.165, 1.54) is 0 Å². The zero-order valence-electron chi connectivity index (χ0n) is 10.8. The van der Waals surface area contributed by atoms with E-state index in [1.807, 2.05) is 12.1 Å². The largest absolute Gasteiger partial charge is 0.486 e. The molecule has 0 aromatic heterocycles. The van der Waals surface area contributed by atoms with Crippen LogP contribution in [0.3, 0.4) is 0 Å². The van der Waals surface area contributed by atoms with Crippen LogP contribution >= 0.6 is 7.14 Å². The van der Waals surface area contributed by atoms with Gasteiger partial charge >= 0.3 is 0 Å². The van der Waals surface area contributed by atoms with Crippen LogP contribution in [0.2, 0.25) is 0 Å². The minimum absolute atomic E-state index is 0.328. The van der Waals surface area contributed by atoms with Crippen molar-refractivity contribution in [2.75, 3.05) is 26.5 Å². The molecule has 1 aliphatic rings. The molecule has 0 atom stereocenters. The summed E-state index contributed by atoms with van der Waals surface area (Å²) in [7, 11) is -2.37. The van der Waals surface area contributed by atoms with Crippen molar-refractivity contribution in [3.63, 3.8) is 0 Å². The lowest BCUT2D eigenvalue weighted by atomic mass is 10.0. The van der Waals surface area contributed by atoms with E-state index < -0.39 is 7.14 Å². The van der Waals surface area contributed by atoms with Crippen molar-refractivity contribution in [3.05, 3.63) is 17.7 Å². The Kier molecular flexibility index (Phi) is 3.22. The van der Waals surface area contributed by atoms with Crippen LogP contribution in [0.4, 0.5) is 0 Å². The van der Waals surface area contributed by atoms with E-state index in [2.05, 4.69) is 13.8 Å². The minimum Gasteiger partial charge on any atom is -0.486 e. The van der Waals surface area contributed by atoms with Crippen molar-refractivity contribution in [2.24, 2.45) is 0 Å². The molecule has 0 saturated heterocycles. The maximum absolute atomic E-state index is 12.5. The van der Waals surface area contributed by atoms with Gasteiger partial charge in [-0.1, -0.05) is 19.9 Å². The Bertz CT molecular complexity index is 474. The van der Waals surface area contributed by atoms with Gasteiger partial charge < -0.3 is 14.0 Å². The van der Waals surface area contributed by atoms with Gasteiger partial charge in [0.15, 0.2) is 11.5 Å². The second kappa shape index (κ2) is 4.38. The summed E-state index contributed by atoms with van der Waals surface area (Å²) in [5.74, 6) is 1.74. The minimum atomic E-state index is -2.37. The normalized spacial score (nSPS) is 15.1. The van der Waals surface area contributed by atoms with E-state index in [9.17, 15) is 4.57 Å². The molecule has 0 aliphatic carbocycles. The third-order valence-electron chi connectivity index (χ3n) is 2.87. The average Bonchev–Trinajstić information content (AvgIpc) is 2.26. The van der Waals surface area contributed by atoms with Crippen LogP contribution in [0, 0.1) is 0 Å². The molecular weight excluding hydrogens is 235 g/mol. The van der Waals surface area contributed by atoms with Crippen LogP contribution in [-0.2, 0) is 4.57 Å². The molecule has 2 rings (SSSR count). The van der Waals surface area contributed by atoms with Crippen molar-refractivity contribution in [2.45, 2.75) is 19.8 Å². The first-order valence-electron chi connectivity index (χ1n) is 5.89. The van der Waals surface area contributed by atoms with Gasteiger partial charge in [0, 0.05) is 0 Å². The number of benzene rings is 1. The summed E-state index contributed by atoms with van der Waals surface area (Å²) >= 11 is 0. The molecule has 0 spiro atoms. The second-order valence-electron chi connectivity index (χ2n) is 5.03. The molecule has 0 bridgehead atoms. The van der Waals surface area contributed by atoms with Gasteiger partial charge in [-0.15, -0.1) is 0 Å². The van der Waals surface area contributed by atoms with Gasteiger partial charge in [-0.3, -0.25) is 0 Å². The zero-order valence-corrected chi connectivity index (χ0v) is 11.7. The maximum Gasteiger partial charge on any atom is 0.172 e. The van der Waals surface area contributed by atoms with Gasteiger partial charge in [0.1, 0.15) is 20.4 Å². The van der Waals surface area contributed by atoms with E-state index in [-0.39, 0.29) is 0 Å². The SMILES string of the molecule is CC(C)c1ccc2c(c1P(C)(C)=O)OCCO2. The standard InChI is InChI=1S/C13H19O3P/c1-9(2)10-5-6-11-12(16-8-7-15-11)13(10)17(3,4)14/h5-6,9H,7-8H2,1-4H3. The van der Waals surface area contributed by atoms with Crippen molar-refractivity contribution in [1.82, 2.24) is 0 Å². The highest BCUT2D eigenvalue weighted by molar-refractivity contribution is 7.70. The van der Waals surface area contributed by atoms with E-state index in [1.54, 1.807) is 13.3 Å². The monoisotopic (exact) mass is 254 g/mol. The van der Waals surface area contributed by atoms with Gasteiger partial charge in [-0.2, -0.15) is 0 Å². The highest BCUT2D eigenvalue weighted by Gasteiger charge is 2.27. The summed E-state index contributed by atoms with van der Waals surface area (Å²) in [6, 6.07) is 3.93. The number of fused-ring (bicyclic) bond motifs is 1. The summed E-state index contributed by atoms with van der Waals surface area (Å²) in [4.78, 5) is 0. The first-order chi connectivity index (χ1) is 7.91. The molecule has 3 nitrogen and oxygen atoms in total. The fraction of sp³-hybridized carbons (Fsp3) is 0.538. The van der Waals surface area contributed by atoms with E-state index in [0.717, 1.165) is 16.6 Å². The molecule has 1 aromatic rings. The van der Waals surface area contributed by atoms with Crippen molar-refractivity contribution >= 4 is 12.4 Å². The predicted octanol–water partition coefficient (Wildman–Crippen LogP) is 2.83. The lowest BCUT2D eigenvalue weighted by Crippen LogP contribution is -2.23. The molecule has 0 saturated carbocycles. The van der Waals surface area contributed by atoms with Gasteiger partial charge in [-0.05, 0) is 30.9 Å². The Morgan fingerprint density at radius 3 is 2.41 bits per heavy atom. The first kappa shape index (κ1) is 12.5. The van der Waals surface area contributed by atoms with Crippen LogP contribution < -0.4 is 14.8 Å². The molecule has 0 unspecified atom stereocenters. The molecule has 17 heavy (non-hydrogen) atoms. The third-order valence-corrected chi connectivity index (χ3v) is 4.41. The van der Waals surface area contributed by atoms with E-state index in [0.29, 0.717) is 24.9 Å². The Morgan fingerprint density at radius 2 is 1.82 bits per heavy atom. The fourth-order valence-electron chi connectivity index (χ4n) is 2.14. The van der Waals surface area contributed by atoms with Crippen LogP contribution in [0.1, 0.15) is 25.3 Å². The van der Waals surface area contributed by atoms with E-state index >= 15 is 0 Å². The van der Waals surface area contributed by atoms with Crippen molar-refractivity contribution < 1.29 is 14.0 Å². The van der Waals surface area contributed by atoms with Crippen LogP contribution in [-0.4, -0.2) is 26.5 Å². The van der Waals surface area contributed by atoms with Crippen LogP contribution in [0.5, 0.6) is 11.5 Å². The molecule has 1 aromatic carbocycles. The highest BCUT2D eigenvalue weighted by atomic mass is 31.2. The maximum atomic E-state index is 12.5. The summed E-state index contributed by atoms with van der Waals surface area (Å²) in [5, 5.41) is 0.852. The molecule has 0 N–H and O–H groups in total. The molecule has 1 aliphatic heterocycles. The lowest BCUT2D eigenvalue weighted by Gasteiger charge is -2.26. The summed E-state index contributed by atoms with van der Waals surface area (Å²) in [6.07, 6.45) is 0. The lowest BCUT2D eigenvalue weighted by molar-refractivity contribution is 0.173. The van der Waals surface area contributed by atoms with Crippen molar-refractivity contribution in [3.8, 4) is 11.5 Å². The molecule has 0 fully saturated rings. The van der Waals surface area contributed by atoms with Gasteiger partial charge in [0.05, 0.1) is 5.30 Å². The number of hydrogen-bond donors (Lipinski definition) is 0. The Labute approximate surface area is 102 Å². The molecular formula is C13H19O3P. The third kappa shape index (κ3) is 2.35. The zero-order chi connectivity index (χ0) is 12.6. The van der Waals surface area contributed by atoms with Crippen molar-refractivity contribution in [1.29, 1.82) is 0 Å². The Balaban J connectivity index is 2.68. The number of hydrogen-bond acceptors (Lipinski definition) is 3. The number of rotatable bonds is 2. The molecule has 1 heterocycles. The van der Waals surface area contributed by atoms with Crippen LogP contribution in [0.15, 0.2) is 12.1 Å². The molecule has 4 heteroatoms. The molecule has 0 amide bonds. The molecule has 94 valence electrons. The van der Waals surface area contributed by atoms with E-state index in [4.69, 9.17) is 9.47 Å². The summed E-state index contributed by atoms with van der Waals surface area (Å²) in [5.41, 5.74) is 1.10. The first-order valence-corrected chi connectivity index (χ1v) is 8.49. The smallest absolute Gasteiger partial charge is 0.172 e. The van der Waals surface area contributed by atoms with Gasteiger partial charge in [-0.25, -0.2) is 0 Å². The van der Waals surface area contributed by atoms with Gasteiger partial charge in [0.25, 0.3) is 0 Å². The number of ether oxygens (including phenoxy) is 2. The summed E-state index contributed by atoms with van der Waals surface area (Å²) in [6.45, 7) is 8.86.